The summed E-state index contributed by atoms with van der Waals surface area (Å²) in [6.45, 7) is 1.41. The molecule has 0 atom stereocenters. The van der Waals surface area contributed by atoms with E-state index in [9.17, 15) is 9.59 Å². The number of carbonyl (C=O) groups excluding carboxylic acids is 1. The monoisotopic (exact) mass is 270 g/mol. The minimum absolute atomic E-state index is 0.192. The van der Waals surface area contributed by atoms with E-state index in [4.69, 9.17) is 4.74 Å². The van der Waals surface area contributed by atoms with Crippen LogP contribution in [-0.2, 0) is 6.54 Å². The number of nitrogens with zero attached hydrogens (tertiary/aromatic N) is 1. The topological polar surface area (TPSA) is 62.4 Å². The number of para-hydroxylation sites is 1. The van der Waals surface area contributed by atoms with Crippen molar-refractivity contribution in [2.24, 2.45) is 0 Å². The van der Waals surface area contributed by atoms with E-state index in [1.165, 1.54) is 6.07 Å². The van der Waals surface area contributed by atoms with Crippen LogP contribution in [0.3, 0.4) is 0 Å². The van der Waals surface area contributed by atoms with Gasteiger partial charge in [0, 0.05) is 18.2 Å². The largest absolute Gasteiger partial charge is 0.491 e. The van der Waals surface area contributed by atoms with Gasteiger partial charge < -0.3 is 14.6 Å². The predicted octanol–water partition coefficient (Wildman–Crippen LogP) is 1.41. The van der Waals surface area contributed by atoms with E-state index in [0.29, 0.717) is 25.4 Å². The molecule has 3 rings (SSSR count). The smallest absolute Gasteiger partial charge is 0.270 e. The molecular weight excluding hydrogens is 256 g/mol. The van der Waals surface area contributed by atoms with Gasteiger partial charge in [0.1, 0.15) is 18.1 Å². The van der Waals surface area contributed by atoms with E-state index < -0.39 is 0 Å². The molecule has 1 aromatic carbocycles. The van der Waals surface area contributed by atoms with Crippen LogP contribution in [0.1, 0.15) is 16.1 Å². The summed E-state index contributed by atoms with van der Waals surface area (Å²) in [4.78, 5) is 27.9. The third kappa shape index (κ3) is 2.42. The molecule has 0 saturated carbocycles. The highest BCUT2D eigenvalue weighted by molar-refractivity contribution is 5.92. The highest BCUT2D eigenvalue weighted by atomic mass is 16.5. The second kappa shape index (κ2) is 5.21. The molecule has 2 aromatic rings. The second-order valence-electron chi connectivity index (χ2n) is 4.61. The first-order valence-corrected chi connectivity index (χ1v) is 6.43. The van der Waals surface area contributed by atoms with Crippen LogP contribution in [-0.4, -0.2) is 28.9 Å². The van der Waals surface area contributed by atoms with Crippen molar-refractivity contribution in [2.75, 3.05) is 13.2 Å². The lowest BCUT2D eigenvalue weighted by atomic mass is 10.2. The van der Waals surface area contributed by atoms with Gasteiger partial charge in [0.05, 0.1) is 6.54 Å². The van der Waals surface area contributed by atoms with Gasteiger partial charge in [0.15, 0.2) is 0 Å². The minimum atomic E-state index is -0.276. The van der Waals surface area contributed by atoms with Crippen molar-refractivity contribution < 1.29 is 9.53 Å². The molecule has 1 N–H and O–H groups in total. The van der Waals surface area contributed by atoms with Crippen molar-refractivity contribution in [3.8, 4) is 5.75 Å². The maximum Gasteiger partial charge on any atom is 0.270 e. The molecule has 0 saturated heterocycles. The first-order chi connectivity index (χ1) is 9.74. The number of H-pyrrole nitrogens is 1. The van der Waals surface area contributed by atoms with Crippen molar-refractivity contribution in [2.45, 2.75) is 6.54 Å². The van der Waals surface area contributed by atoms with Crippen LogP contribution in [0.2, 0.25) is 0 Å². The fourth-order valence-electron chi connectivity index (χ4n) is 2.24. The van der Waals surface area contributed by atoms with E-state index in [-0.39, 0.29) is 11.5 Å². The van der Waals surface area contributed by atoms with Gasteiger partial charge in [-0.2, -0.15) is 0 Å². The van der Waals surface area contributed by atoms with Crippen molar-refractivity contribution >= 4 is 5.91 Å². The lowest BCUT2D eigenvalue weighted by Gasteiger charge is -2.19. The lowest BCUT2D eigenvalue weighted by Crippen LogP contribution is -2.33. The maximum atomic E-state index is 12.4. The Morgan fingerprint density at radius 2 is 2.00 bits per heavy atom. The summed E-state index contributed by atoms with van der Waals surface area (Å²) in [5.41, 5.74) is 0.996. The normalized spacial score (nSPS) is 14.1. The molecule has 2 heterocycles. The Morgan fingerprint density at radius 1 is 1.15 bits per heavy atom. The summed E-state index contributed by atoms with van der Waals surface area (Å²) in [5.74, 6) is 0.618. The molecule has 1 aromatic heterocycles. The van der Waals surface area contributed by atoms with E-state index in [2.05, 4.69) is 4.98 Å². The number of aromatic nitrogens is 1. The molecule has 20 heavy (non-hydrogen) atoms. The van der Waals surface area contributed by atoms with Gasteiger partial charge >= 0.3 is 0 Å². The van der Waals surface area contributed by atoms with E-state index in [1.807, 2.05) is 24.3 Å². The SMILES string of the molecule is O=C(c1cccc(=O)[nH]1)N1CCOc2ccccc2C1. The van der Waals surface area contributed by atoms with Crippen LogP contribution >= 0.6 is 0 Å². The maximum absolute atomic E-state index is 12.4. The summed E-state index contributed by atoms with van der Waals surface area (Å²) < 4.78 is 5.62. The van der Waals surface area contributed by atoms with Crippen LogP contribution in [0.25, 0.3) is 0 Å². The van der Waals surface area contributed by atoms with Crippen molar-refractivity contribution in [3.05, 3.63) is 64.1 Å². The van der Waals surface area contributed by atoms with Gasteiger partial charge in [0.2, 0.25) is 5.56 Å². The first-order valence-electron chi connectivity index (χ1n) is 6.43. The zero-order valence-corrected chi connectivity index (χ0v) is 10.8. The third-order valence-electron chi connectivity index (χ3n) is 3.24. The number of carbonyl (C=O) groups is 1. The zero-order valence-electron chi connectivity index (χ0n) is 10.8. The van der Waals surface area contributed by atoms with Crippen molar-refractivity contribution in [1.82, 2.24) is 9.88 Å². The number of fused-ring (bicyclic) bond motifs is 1. The molecule has 0 aliphatic carbocycles. The Labute approximate surface area is 115 Å². The zero-order chi connectivity index (χ0) is 13.9. The number of hydrogen-bond acceptors (Lipinski definition) is 3. The Hall–Kier alpha value is -2.56. The summed E-state index contributed by atoms with van der Waals surface area (Å²) in [7, 11) is 0. The molecule has 0 fully saturated rings. The van der Waals surface area contributed by atoms with Crippen LogP contribution in [0.5, 0.6) is 5.75 Å². The standard InChI is InChI=1S/C15H14N2O3/c18-14-7-3-5-12(16-14)15(19)17-8-9-20-13-6-2-1-4-11(13)10-17/h1-7H,8-10H2,(H,16,18). The molecule has 5 heteroatoms. The van der Waals surface area contributed by atoms with Crippen LogP contribution in [0.4, 0.5) is 0 Å². The van der Waals surface area contributed by atoms with Gasteiger partial charge in [-0.3, -0.25) is 9.59 Å². The number of rotatable bonds is 1. The lowest BCUT2D eigenvalue weighted by molar-refractivity contribution is 0.0727. The second-order valence-corrected chi connectivity index (χ2v) is 4.61. The molecule has 1 aliphatic heterocycles. The molecule has 0 unspecified atom stereocenters. The average molecular weight is 270 g/mol. The number of aromatic amines is 1. The summed E-state index contributed by atoms with van der Waals surface area (Å²) in [6.07, 6.45) is 0. The average Bonchev–Trinajstić information content (AvgIpc) is 2.68. The van der Waals surface area contributed by atoms with Gasteiger partial charge in [-0.05, 0) is 12.1 Å². The molecule has 0 bridgehead atoms. The molecule has 0 spiro atoms. The fraction of sp³-hybridized carbons (Fsp3) is 0.200. The minimum Gasteiger partial charge on any atom is -0.491 e. The van der Waals surface area contributed by atoms with Gasteiger partial charge in [0.25, 0.3) is 5.91 Å². The predicted molar refractivity (Wildman–Crippen MR) is 73.7 cm³/mol. The number of hydrogen-bond donors (Lipinski definition) is 1. The molecular formula is C15H14N2O3. The van der Waals surface area contributed by atoms with Gasteiger partial charge in [-0.25, -0.2) is 0 Å². The molecule has 0 radical (unpaired) electrons. The quantitative estimate of drug-likeness (QED) is 0.852. The number of benzene rings is 1. The number of amides is 1. The molecule has 5 nitrogen and oxygen atoms in total. The molecule has 1 amide bonds. The number of nitrogens with one attached hydrogen (secondary N) is 1. The molecule has 1 aliphatic rings. The third-order valence-corrected chi connectivity index (χ3v) is 3.24. The highest BCUT2D eigenvalue weighted by Crippen LogP contribution is 2.22. The van der Waals surface area contributed by atoms with Crippen LogP contribution in [0, 0.1) is 0 Å². The Morgan fingerprint density at radius 3 is 2.85 bits per heavy atom. The van der Waals surface area contributed by atoms with E-state index in [1.54, 1.807) is 17.0 Å². The first kappa shape index (κ1) is 12.5. The van der Waals surface area contributed by atoms with Crippen LogP contribution in [0.15, 0.2) is 47.3 Å². The van der Waals surface area contributed by atoms with Crippen molar-refractivity contribution in [3.63, 3.8) is 0 Å². The van der Waals surface area contributed by atoms with Gasteiger partial charge in [-0.15, -0.1) is 0 Å². The highest BCUT2D eigenvalue weighted by Gasteiger charge is 2.21. The number of ether oxygens (including phenoxy) is 1. The Kier molecular flexibility index (Phi) is 3.25. The molecule has 102 valence electrons. The van der Waals surface area contributed by atoms with Gasteiger partial charge in [-0.1, -0.05) is 24.3 Å². The summed E-state index contributed by atoms with van der Waals surface area (Å²) in [6, 6.07) is 12.2. The fourth-order valence-corrected chi connectivity index (χ4v) is 2.24. The van der Waals surface area contributed by atoms with Crippen LogP contribution < -0.4 is 10.3 Å². The number of pyridine rings is 1. The Balaban J connectivity index is 1.88. The van der Waals surface area contributed by atoms with Crippen molar-refractivity contribution in [1.29, 1.82) is 0 Å². The van der Waals surface area contributed by atoms with E-state index in [0.717, 1.165) is 11.3 Å². The summed E-state index contributed by atoms with van der Waals surface area (Å²) >= 11 is 0. The summed E-state index contributed by atoms with van der Waals surface area (Å²) in [5, 5.41) is 0. The Bertz CT molecular complexity index is 693. The van der Waals surface area contributed by atoms with E-state index >= 15 is 0 Å².